The molecule has 3 rings (SSSR count). The highest BCUT2D eigenvalue weighted by Gasteiger charge is 2.21. The Morgan fingerprint density at radius 2 is 1.89 bits per heavy atom. The molecule has 2 aromatic rings. The van der Waals surface area contributed by atoms with Gasteiger partial charge in [-0.2, -0.15) is 0 Å². The first-order valence-corrected chi connectivity index (χ1v) is 6.17. The molecule has 0 saturated carbocycles. The van der Waals surface area contributed by atoms with Crippen LogP contribution < -0.4 is 4.74 Å². The number of fused-ring (bicyclic) bond motifs is 1. The predicted octanol–water partition coefficient (Wildman–Crippen LogP) is 4.90. The van der Waals surface area contributed by atoms with Crippen LogP contribution in [0.5, 0.6) is 5.75 Å². The first-order valence-electron chi connectivity index (χ1n) is 5.41. The average molecular weight is 282 g/mol. The van der Waals surface area contributed by atoms with Crippen molar-refractivity contribution in [2.24, 2.45) is 0 Å². The topological polar surface area (TPSA) is 9.23 Å². The van der Waals surface area contributed by atoms with Gasteiger partial charge in [0.1, 0.15) is 18.2 Å². The highest BCUT2D eigenvalue weighted by molar-refractivity contribution is 6.35. The van der Waals surface area contributed by atoms with E-state index in [1.807, 2.05) is 0 Å². The van der Waals surface area contributed by atoms with Gasteiger partial charge in [-0.1, -0.05) is 23.2 Å². The Labute approximate surface area is 114 Å². The lowest BCUT2D eigenvalue weighted by atomic mass is 10.0. The number of benzene rings is 2. The van der Waals surface area contributed by atoms with Gasteiger partial charge in [0.05, 0.1) is 0 Å². The van der Waals surface area contributed by atoms with E-state index >= 15 is 0 Å². The number of ether oxygens (including phenoxy) is 1. The van der Waals surface area contributed by atoms with Crippen LogP contribution in [-0.4, -0.2) is 0 Å². The van der Waals surface area contributed by atoms with E-state index in [1.54, 1.807) is 24.8 Å². The van der Waals surface area contributed by atoms with Gasteiger partial charge in [0.2, 0.25) is 0 Å². The SMILES string of the molecule is Fc1cc2c(c(-c3cc(Cl)ccc3Cl)c1)O[CH]C2. The highest BCUT2D eigenvalue weighted by Crippen LogP contribution is 2.42. The molecule has 0 unspecified atom stereocenters. The van der Waals surface area contributed by atoms with E-state index in [0.29, 0.717) is 33.3 Å². The van der Waals surface area contributed by atoms with Crippen LogP contribution in [0.4, 0.5) is 4.39 Å². The monoisotopic (exact) mass is 281 g/mol. The molecular formula is C14H8Cl2FO. The second-order valence-corrected chi connectivity index (χ2v) is 4.90. The van der Waals surface area contributed by atoms with Gasteiger partial charge in [0.25, 0.3) is 0 Å². The van der Waals surface area contributed by atoms with Gasteiger partial charge in [-0.3, -0.25) is 0 Å². The lowest BCUT2D eigenvalue weighted by Crippen LogP contribution is -1.89. The smallest absolute Gasteiger partial charge is 0.140 e. The number of hydrogen-bond acceptors (Lipinski definition) is 1. The average Bonchev–Trinajstić information content (AvgIpc) is 2.79. The van der Waals surface area contributed by atoms with Crippen molar-refractivity contribution in [3.8, 4) is 16.9 Å². The van der Waals surface area contributed by atoms with E-state index in [9.17, 15) is 4.39 Å². The van der Waals surface area contributed by atoms with Gasteiger partial charge in [0, 0.05) is 33.2 Å². The Bertz CT molecular complexity index is 625. The van der Waals surface area contributed by atoms with Crippen molar-refractivity contribution in [1.82, 2.24) is 0 Å². The summed E-state index contributed by atoms with van der Waals surface area (Å²) in [7, 11) is 0. The molecule has 1 aliphatic rings. The highest BCUT2D eigenvalue weighted by atomic mass is 35.5. The zero-order valence-electron chi connectivity index (χ0n) is 9.21. The van der Waals surface area contributed by atoms with Crippen molar-refractivity contribution in [3.05, 3.63) is 58.4 Å². The van der Waals surface area contributed by atoms with Crippen LogP contribution in [0.1, 0.15) is 5.56 Å². The molecule has 18 heavy (non-hydrogen) atoms. The quantitative estimate of drug-likeness (QED) is 0.723. The van der Waals surface area contributed by atoms with Gasteiger partial charge < -0.3 is 4.74 Å². The Balaban J connectivity index is 2.26. The molecule has 1 radical (unpaired) electrons. The minimum atomic E-state index is -0.307. The summed E-state index contributed by atoms with van der Waals surface area (Å²) >= 11 is 12.1. The molecule has 0 spiro atoms. The lowest BCUT2D eigenvalue weighted by Gasteiger charge is -2.10. The third-order valence-electron chi connectivity index (χ3n) is 2.85. The maximum atomic E-state index is 13.6. The van der Waals surface area contributed by atoms with Crippen LogP contribution in [-0.2, 0) is 6.42 Å². The molecule has 1 heterocycles. The molecule has 0 aromatic heterocycles. The summed E-state index contributed by atoms with van der Waals surface area (Å²) in [5.41, 5.74) is 2.13. The van der Waals surface area contributed by atoms with Crippen LogP contribution in [0, 0.1) is 12.4 Å². The molecule has 0 bridgehead atoms. The third kappa shape index (κ3) is 1.96. The van der Waals surface area contributed by atoms with Gasteiger partial charge in [0.15, 0.2) is 0 Å². The first-order chi connectivity index (χ1) is 8.65. The Morgan fingerprint density at radius 3 is 2.72 bits per heavy atom. The summed E-state index contributed by atoms with van der Waals surface area (Å²) in [6.45, 7) is 1.64. The maximum Gasteiger partial charge on any atom is 0.140 e. The van der Waals surface area contributed by atoms with Crippen molar-refractivity contribution >= 4 is 23.2 Å². The van der Waals surface area contributed by atoms with E-state index in [-0.39, 0.29) is 5.82 Å². The molecule has 0 aliphatic carbocycles. The van der Waals surface area contributed by atoms with E-state index in [1.165, 1.54) is 12.1 Å². The van der Waals surface area contributed by atoms with Gasteiger partial charge in [-0.15, -0.1) is 0 Å². The number of hydrogen-bond donors (Lipinski definition) is 0. The van der Waals surface area contributed by atoms with E-state index in [0.717, 1.165) is 5.56 Å². The standard InChI is InChI=1S/C14H8Cl2FO/c15-9-1-2-13(16)11(6-9)12-7-10(17)5-8-3-4-18-14(8)12/h1-2,4-7H,3H2. The van der Waals surface area contributed by atoms with Gasteiger partial charge in [-0.05, 0) is 30.3 Å². The zero-order valence-corrected chi connectivity index (χ0v) is 10.7. The van der Waals surface area contributed by atoms with Crippen molar-refractivity contribution in [3.63, 3.8) is 0 Å². The van der Waals surface area contributed by atoms with Crippen LogP contribution >= 0.6 is 23.2 Å². The van der Waals surface area contributed by atoms with Crippen LogP contribution in [0.3, 0.4) is 0 Å². The van der Waals surface area contributed by atoms with E-state index in [4.69, 9.17) is 27.9 Å². The van der Waals surface area contributed by atoms with Crippen molar-refractivity contribution < 1.29 is 9.13 Å². The number of halogens is 3. The summed E-state index contributed by atoms with van der Waals surface area (Å²) in [5.74, 6) is 0.347. The second kappa shape index (κ2) is 4.45. The Hall–Kier alpha value is -1.25. The molecule has 91 valence electrons. The van der Waals surface area contributed by atoms with E-state index in [2.05, 4.69) is 0 Å². The summed E-state index contributed by atoms with van der Waals surface area (Å²) in [6.07, 6.45) is 0.596. The molecule has 2 aromatic carbocycles. The molecular weight excluding hydrogens is 274 g/mol. The predicted molar refractivity (Wildman–Crippen MR) is 70.5 cm³/mol. The Morgan fingerprint density at radius 1 is 1.06 bits per heavy atom. The normalized spacial score (nSPS) is 13.3. The summed E-state index contributed by atoms with van der Waals surface area (Å²) in [4.78, 5) is 0. The summed E-state index contributed by atoms with van der Waals surface area (Å²) < 4.78 is 19.0. The minimum absolute atomic E-state index is 0.307. The second-order valence-electron chi connectivity index (χ2n) is 4.05. The number of rotatable bonds is 1. The molecule has 1 aliphatic heterocycles. The van der Waals surface area contributed by atoms with Crippen molar-refractivity contribution in [1.29, 1.82) is 0 Å². The summed E-state index contributed by atoms with van der Waals surface area (Å²) in [6, 6.07) is 7.98. The molecule has 0 fully saturated rings. The summed E-state index contributed by atoms with van der Waals surface area (Å²) in [5, 5.41) is 1.07. The largest absolute Gasteiger partial charge is 0.485 e. The Kier molecular flexibility index (Phi) is 2.92. The maximum absolute atomic E-state index is 13.6. The fourth-order valence-corrected chi connectivity index (χ4v) is 2.45. The molecule has 0 atom stereocenters. The molecule has 1 nitrogen and oxygen atoms in total. The minimum Gasteiger partial charge on any atom is -0.485 e. The molecule has 0 amide bonds. The fraction of sp³-hybridized carbons (Fsp3) is 0.0714. The van der Waals surface area contributed by atoms with Crippen molar-refractivity contribution in [2.75, 3.05) is 0 Å². The van der Waals surface area contributed by atoms with Gasteiger partial charge >= 0.3 is 0 Å². The van der Waals surface area contributed by atoms with Crippen molar-refractivity contribution in [2.45, 2.75) is 6.42 Å². The lowest BCUT2D eigenvalue weighted by molar-refractivity contribution is 0.436. The molecule has 4 heteroatoms. The fourth-order valence-electron chi connectivity index (χ4n) is 2.06. The van der Waals surface area contributed by atoms with Crippen LogP contribution in [0.2, 0.25) is 10.0 Å². The van der Waals surface area contributed by atoms with Gasteiger partial charge in [-0.25, -0.2) is 4.39 Å². The molecule has 0 N–H and O–H groups in total. The first kappa shape index (κ1) is 11.8. The van der Waals surface area contributed by atoms with Crippen LogP contribution in [0.25, 0.3) is 11.1 Å². The van der Waals surface area contributed by atoms with E-state index < -0.39 is 0 Å². The third-order valence-corrected chi connectivity index (χ3v) is 3.42. The van der Waals surface area contributed by atoms with Crippen LogP contribution in [0.15, 0.2) is 30.3 Å². The zero-order chi connectivity index (χ0) is 12.7. The molecule has 0 saturated heterocycles.